The van der Waals surface area contributed by atoms with Crippen molar-refractivity contribution in [2.45, 2.75) is 58.6 Å². The maximum atomic E-state index is 12.5. The van der Waals surface area contributed by atoms with Gasteiger partial charge in [-0.25, -0.2) is 0 Å². The molecule has 2 aliphatic heterocycles. The highest BCUT2D eigenvalue weighted by atomic mass is 16.5. The minimum Gasteiger partial charge on any atom is -0.378 e. The summed E-state index contributed by atoms with van der Waals surface area (Å²) in [5, 5.41) is 5.95. The first-order valence-corrected chi connectivity index (χ1v) is 7.60. The average molecular weight is 282 g/mol. The molecule has 2 heterocycles. The number of hydrogen-bond acceptors (Lipinski definition) is 3. The smallest absolute Gasteiger partial charge is 0.227 e. The van der Waals surface area contributed by atoms with Gasteiger partial charge in [-0.05, 0) is 32.1 Å². The highest BCUT2D eigenvalue weighted by Crippen LogP contribution is 2.27. The third kappa shape index (κ3) is 3.51. The number of hydrogen-bond donors (Lipinski definition) is 2. The van der Waals surface area contributed by atoms with E-state index in [1.807, 2.05) is 6.92 Å². The molecule has 0 aromatic carbocycles. The van der Waals surface area contributed by atoms with Crippen LogP contribution >= 0.6 is 0 Å². The third-order valence-corrected chi connectivity index (χ3v) is 4.52. The second-order valence-corrected chi connectivity index (χ2v) is 6.69. The van der Waals surface area contributed by atoms with Gasteiger partial charge < -0.3 is 15.4 Å². The molecule has 0 aromatic rings. The molecule has 2 fully saturated rings. The molecule has 0 aliphatic carbocycles. The summed E-state index contributed by atoms with van der Waals surface area (Å²) in [7, 11) is 0. The lowest BCUT2D eigenvalue weighted by Crippen LogP contribution is -2.54. The van der Waals surface area contributed by atoms with Gasteiger partial charge in [0.05, 0.1) is 11.5 Å². The zero-order chi connectivity index (χ0) is 14.8. The summed E-state index contributed by atoms with van der Waals surface area (Å²) < 4.78 is 5.73. The first-order valence-electron chi connectivity index (χ1n) is 7.60. The Morgan fingerprint density at radius 2 is 2.25 bits per heavy atom. The number of amides is 2. The van der Waals surface area contributed by atoms with E-state index in [0.717, 1.165) is 12.8 Å². The number of ether oxygens (including phenoxy) is 1. The van der Waals surface area contributed by atoms with E-state index in [-0.39, 0.29) is 24.0 Å². The molecule has 0 aromatic heterocycles. The van der Waals surface area contributed by atoms with Gasteiger partial charge in [0.15, 0.2) is 0 Å². The van der Waals surface area contributed by atoms with Crippen LogP contribution in [-0.2, 0) is 14.3 Å². The minimum absolute atomic E-state index is 0.0428. The topological polar surface area (TPSA) is 67.4 Å². The number of rotatable bonds is 3. The Kier molecular flexibility index (Phi) is 4.68. The first kappa shape index (κ1) is 15.3. The van der Waals surface area contributed by atoms with Crippen molar-refractivity contribution in [2.75, 3.05) is 13.2 Å². The Bertz CT molecular complexity index is 371. The summed E-state index contributed by atoms with van der Waals surface area (Å²) in [6.07, 6.45) is 3.05. The van der Waals surface area contributed by atoms with Crippen LogP contribution < -0.4 is 10.6 Å². The molecule has 20 heavy (non-hydrogen) atoms. The first-order chi connectivity index (χ1) is 9.40. The molecule has 0 saturated carbocycles. The quantitative estimate of drug-likeness (QED) is 0.818. The van der Waals surface area contributed by atoms with Crippen molar-refractivity contribution in [1.29, 1.82) is 0 Å². The van der Waals surface area contributed by atoms with Crippen molar-refractivity contribution in [3.05, 3.63) is 0 Å². The van der Waals surface area contributed by atoms with Crippen LogP contribution in [0.5, 0.6) is 0 Å². The lowest BCUT2D eigenvalue weighted by Gasteiger charge is -2.37. The van der Waals surface area contributed by atoms with Gasteiger partial charge >= 0.3 is 0 Å². The summed E-state index contributed by atoms with van der Waals surface area (Å²) in [6, 6.07) is 0.193. The molecule has 2 amide bonds. The third-order valence-electron chi connectivity index (χ3n) is 4.52. The van der Waals surface area contributed by atoms with E-state index in [0.29, 0.717) is 31.9 Å². The number of carbonyl (C=O) groups is 2. The van der Waals surface area contributed by atoms with E-state index in [4.69, 9.17) is 4.74 Å². The lowest BCUT2D eigenvalue weighted by atomic mass is 9.81. The van der Waals surface area contributed by atoms with Crippen molar-refractivity contribution in [1.82, 2.24) is 10.6 Å². The van der Waals surface area contributed by atoms with E-state index < -0.39 is 5.41 Å². The molecule has 5 nitrogen and oxygen atoms in total. The van der Waals surface area contributed by atoms with Crippen molar-refractivity contribution in [2.24, 2.45) is 11.3 Å². The fraction of sp³-hybridized carbons (Fsp3) is 0.867. The standard InChI is InChI=1S/C15H26N2O3/c1-10(2)12-8-11(5-7-20-12)17-14(19)15(3)6-4-13(18)16-9-15/h10-12H,4-9H2,1-3H3,(H,16,18)(H,17,19). The summed E-state index contributed by atoms with van der Waals surface area (Å²) >= 11 is 0. The van der Waals surface area contributed by atoms with Crippen LogP contribution in [0.25, 0.3) is 0 Å². The minimum atomic E-state index is -0.473. The molecule has 0 bridgehead atoms. The Hall–Kier alpha value is -1.10. The summed E-state index contributed by atoms with van der Waals surface area (Å²) in [5.74, 6) is 0.576. The summed E-state index contributed by atoms with van der Waals surface area (Å²) in [4.78, 5) is 23.7. The zero-order valence-corrected chi connectivity index (χ0v) is 12.7. The van der Waals surface area contributed by atoms with Crippen molar-refractivity contribution < 1.29 is 14.3 Å². The van der Waals surface area contributed by atoms with Crippen LogP contribution in [0.2, 0.25) is 0 Å². The number of nitrogens with one attached hydrogen (secondary N) is 2. The van der Waals surface area contributed by atoms with E-state index in [1.54, 1.807) is 0 Å². The highest BCUT2D eigenvalue weighted by molar-refractivity contribution is 5.86. The predicted octanol–water partition coefficient (Wildman–Crippen LogP) is 1.22. The molecule has 2 N–H and O–H groups in total. The van der Waals surface area contributed by atoms with E-state index >= 15 is 0 Å². The molecule has 0 radical (unpaired) electrons. The molecule has 2 rings (SSSR count). The molecule has 2 aliphatic rings. The van der Waals surface area contributed by atoms with Gasteiger partial charge in [0.1, 0.15) is 0 Å². The molecule has 0 spiro atoms. The normalized spacial score (nSPS) is 34.7. The van der Waals surface area contributed by atoms with Crippen LogP contribution in [-0.4, -0.2) is 37.1 Å². The van der Waals surface area contributed by atoms with Gasteiger partial charge in [-0.1, -0.05) is 13.8 Å². The molecule has 114 valence electrons. The largest absolute Gasteiger partial charge is 0.378 e. The van der Waals surface area contributed by atoms with Crippen molar-refractivity contribution in [3.63, 3.8) is 0 Å². The Balaban J connectivity index is 1.89. The van der Waals surface area contributed by atoms with E-state index in [1.165, 1.54) is 0 Å². The monoisotopic (exact) mass is 282 g/mol. The molecule has 2 saturated heterocycles. The van der Waals surface area contributed by atoms with Crippen molar-refractivity contribution in [3.8, 4) is 0 Å². The Morgan fingerprint density at radius 3 is 2.85 bits per heavy atom. The van der Waals surface area contributed by atoms with Crippen LogP contribution in [0, 0.1) is 11.3 Å². The maximum Gasteiger partial charge on any atom is 0.227 e. The fourth-order valence-electron chi connectivity index (χ4n) is 2.84. The Morgan fingerprint density at radius 1 is 1.50 bits per heavy atom. The molecule has 3 unspecified atom stereocenters. The molecular weight excluding hydrogens is 256 g/mol. The van der Waals surface area contributed by atoms with Gasteiger partial charge in [0, 0.05) is 25.6 Å². The van der Waals surface area contributed by atoms with E-state index in [9.17, 15) is 9.59 Å². The van der Waals surface area contributed by atoms with Crippen LogP contribution in [0.15, 0.2) is 0 Å². The van der Waals surface area contributed by atoms with Crippen LogP contribution in [0.3, 0.4) is 0 Å². The predicted molar refractivity (Wildman–Crippen MR) is 76.1 cm³/mol. The van der Waals surface area contributed by atoms with Crippen LogP contribution in [0.1, 0.15) is 46.5 Å². The molecule has 5 heteroatoms. The average Bonchev–Trinajstić information content (AvgIpc) is 2.42. The zero-order valence-electron chi connectivity index (χ0n) is 12.7. The van der Waals surface area contributed by atoms with Crippen LogP contribution in [0.4, 0.5) is 0 Å². The van der Waals surface area contributed by atoms with Gasteiger partial charge in [0.25, 0.3) is 0 Å². The highest BCUT2D eigenvalue weighted by Gasteiger charge is 2.38. The van der Waals surface area contributed by atoms with Gasteiger partial charge in [-0.3, -0.25) is 9.59 Å². The summed E-state index contributed by atoms with van der Waals surface area (Å²) in [5.41, 5.74) is -0.473. The molecule has 3 atom stereocenters. The fourth-order valence-corrected chi connectivity index (χ4v) is 2.84. The maximum absolute atomic E-state index is 12.5. The van der Waals surface area contributed by atoms with Gasteiger partial charge in [0.2, 0.25) is 11.8 Å². The SMILES string of the molecule is CC(C)C1CC(NC(=O)C2(C)CCC(=O)NC2)CCO1. The second-order valence-electron chi connectivity index (χ2n) is 6.69. The summed E-state index contributed by atoms with van der Waals surface area (Å²) in [6.45, 7) is 7.37. The second kappa shape index (κ2) is 6.12. The van der Waals surface area contributed by atoms with E-state index in [2.05, 4.69) is 24.5 Å². The number of piperidine rings is 1. The lowest BCUT2D eigenvalue weighted by molar-refractivity contribution is -0.136. The number of carbonyl (C=O) groups excluding carboxylic acids is 2. The van der Waals surface area contributed by atoms with Crippen molar-refractivity contribution >= 4 is 11.8 Å². The Labute approximate surface area is 120 Å². The van der Waals surface area contributed by atoms with Gasteiger partial charge in [-0.2, -0.15) is 0 Å². The van der Waals surface area contributed by atoms with Gasteiger partial charge in [-0.15, -0.1) is 0 Å². The molecular formula is C15H26N2O3.